The highest BCUT2D eigenvalue weighted by Crippen LogP contribution is 2.39. The average Bonchev–Trinajstić information content (AvgIpc) is 3.48. The zero-order chi connectivity index (χ0) is 29.1. The third kappa shape index (κ3) is 8.24. The van der Waals surface area contributed by atoms with Crippen LogP contribution in [0.25, 0.3) is 11.3 Å². The molecule has 0 bridgehead atoms. The molecule has 1 aliphatic carbocycles. The molecule has 0 amide bonds. The number of nitrogens with zero attached hydrogens (tertiary/aromatic N) is 3. The number of amidine groups is 1. The minimum Gasteiger partial charge on any atom is -0.455 e. The maximum atomic E-state index is 8.92. The maximum Gasteiger partial charge on any atom is 0.241 e. The highest BCUT2D eigenvalue weighted by atomic mass is 32.1. The number of morpholine rings is 1. The Hall–Kier alpha value is -3.14. The van der Waals surface area contributed by atoms with Gasteiger partial charge >= 0.3 is 0 Å². The Balaban J connectivity index is 1.29. The highest BCUT2D eigenvalue weighted by molar-refractivity contribution is 7.12. The highest BCUT2D eigenvalue weighted by Gasteiger charge is 2.23. The van der Waals surface area contributed by atoms with Gasteiger partial charge < -0.3 is 25.2 Å². The third-order valence-corrected chi connectivity index (χ3v) is 9.42. The smallest absolute Gasteiger partial charge is 0.241 e. The molecule has 1 aromatic heterocycles. The molecule has 9 heteroatoms. The van der Waals surface area contributed by atoms with E-state index in [1.807, 2.05) is 35.6 Å². The lowest BCUT2D eigenvalue weighted by molar-refractivity contribution is -0.00211. The molecule has 3 aromatic rings. The van der Waals surface area contributed by atoms with E-state index in [-0.39, 0.29) is 5.84 Å². The molecule has 42 heavy (non-hydrogen) atoms. The molecule has 2 heterocycles. The first-order valence-electron chi connectivity index (χ1n) is 15.4. The number of benzene rings is 2. The summed E-state index contributed by atoms with van der Waals surface area (Å²) >= 11 is 1.93. The Morgan fingerprint density at radius 2 is 1.71 bits per heavy atom. The summed E-state index contributed by atoms with van der Waals surface area (Å²) in [5.74, 6) is 2.10. The van der Waals surface area contributed by atoms with Gasteiger partial charge in [-0.25, -0.2) is 4.98 Å². The number of nitrogens with two attached hydrogens (primary N) is 1. The predicted molar refractivity (Wildman–Crippen MR) is 168 cm³/mol. The molecule has 8 nitrogen and oxygen atoms in total. The summed E-state index contributed by atoms with van der Waals surface area (Å²) in [7, 11) is 0. The van der Waals surface area contributed by atoms with Gasteiger partial charge in [0.25, 0.3) is 0 Å². The molecule has 1 saturated heterocycles. The van der Waals surface area contributed by atoms with Crippen LogP contribution in [0.1, 0.15) is 79.7 Å². The Labute approximate surface area is 253 Å². The number of hydrogen-bond donors (Lipinski definition) is 2. The summed E-state index contributed by atoms with van der Waals surface area (Å²) in [5, 5.41) is 13.3. The molecule has 2 fully saturated rings. The van der Waals surface area contributed by atoms with Crippen LogP contribution in [0.15, 0.2) is 53.7 Å². The van der Waals surface area contributed by atoms with Gasteiger partial charge in [0.1, 0.15) is 11.5 Å². The molecule has 1 saturated carbocycles. The number of aromatic nitrogens is 1. The standard InChI is InChI=1S/C33H44N4O4S/c1-2-3-9-30(41-28-16-12-25(13-17-28)32(34)36-38)40-27-14-10-24(11-15-27)31-29(18-19-37-20-22-39-23-21-37)42-33(35-31)26-7-5-4-6-8-26/h10-17,26,30,38H,2-9,18-23H2,1H3,(H2,34,36). The molecule has 1 atom stereocenters. The molecular weight excluding hydrogens is 548 g/mol. The normalized spacial score (nSPS) is 17.7. The average molecular weight is 593 g/mol. The Morgan fingerprint density at radius 3 is 2.36 bits per heavy atom. The molecule has 1 unspecified atom stereocenters. The lowest BCUT2D eigenvalue weighted by Crippen LogP contribution is -2.37. The second-order valence-corrected chi connectivity index (χ2v) is 12.3. The summed E-state index contributed by atoms with van der Waals surface area (Å²) in [6.07, 6.45) is 9.87. The van der Waals surface area contributed by atoms with Crippen molar-refractivity contribution < 1.29 is 19.4 Å². The van der Waals surface area contributed by atoms with Crippen LogP contribution in [0.3, 0.4) is 0 Å². The van der Waals surface area contributed by atoms with E-state index in [9.17, 15) is 0 Å². The van der Waals surface area contributed by atoms with Crippen LogP contribution in [0.2, 0.25) is 0 Å². The van der Waals surface area contributed by atoms with E-state index >= 15 is 0 Å². The molecule has 226 valence electrons. The van der Waals surface area contributed by atoms with Gasteiger partial charge in [-0.05, 0) is 74.2 Å². The van der Waals surface area contributed by atoms with E-state index in [2.05, 4.69) is 29.1 Å². The van der Waals surface area contributed by atoms with Crippen LogP contribution in [0.4, 0.5) is 0 Å². The van der Waals surface area contributed by atoms with Gasteiger partial charge in [-0.3, -0.25) is 4.90 Å². The van der Waals surface area contributed by atoms with E-state index in [1.54, 1.807) is 12.1 Å². The number of rotatable bonds is 13. The van der Waals surface area contributed by atoms with Crippen molar-refractivity contribution in [2.45, 2.75) is 76.9 Å². The molecule has 3 N–H and O–H groups in total. The van der Waals surface area contributed by atoms with Gasteiger partial charge in [0.2, 0.25) is 6.29 Å². The topological polar surface area (TPSA) is 102 Å². The fourth-order valence-corrected chi connectivity index (χ4v) is 6.89. The lowest BCUT2D eigenvalue weighted by Gasteiger charge is -2.26. The van der Waals surface area contributed by atoms with Crippen LogP contribution in [0.5, 0.6) is 11.5 Å². The number of oxime groups is 1. The van der Waals surface area contributed by atoms with Crippen molar-refractivity contribution in [3.63, 3.8) is 0 Å². The summed E-state index contributed by atoms with van der Waals surface area (Å²) in [6, 6.07) is 15.5. The van der Waals surface area contributed by atoms with Crippen molar-refractivity contribution in [1.29, 1.82) is 0 Å². The number of unbranched alkanes of at least 4 members (excludes halogenated alkanes) is 1. The van der Waals surface area contributed by atoms with Crippen LogP contribution >= 0.6 is 11.3 Å². The first-order valence-corrected chi connectivity index (χ1v) is 16.3. The lowest BCUT2D eigenvalue weighted by atomic mass is 9.90. The van der Waals surface area contributed by atoms with Crippen LogP contribution in [-0.2, 0) is 11.2 Å². The fourth-order valence-electron chi connectivity index (χ4n) is 5.64. The van der Waals surface area contributed by atoms with Crippen molar-refractivity contribution in [2.24, 2.45) is 10.9 Å². The van der Waals surface area contributed by atoms with E-state index in [1.165, 1.54) is 42.0 Å². The van der Waals surface area contributed by atoms with Gasteiger partial charge in [-0.15, -0.1) is 11.3 Å². The number of hydrogen-bond acceptors (Lipinski definition) is 8. The van der Waals surface area contributed by atoms with Gasteiger partial charge in [-0.2, -0.15) is 0 Å². The van der Waals surface area contributed by atoms with Gasteiger partial charge in [0.05, 0.1) is 23.9 Å². The quantitative estimate of drug-likeness (QED) is 0.0740. The molecular formula is C33H44N4O4S. The number of ether oxygens (including phenoxy) is 3. The van der Waals surface area contributed by atoms with E-state index in [0.29, 0.717) is 17.2 Å². The predicted octanol–water partition coefficient (Wildman–Crippen LogP) is 6.80. The monoisotopic (exact) mass is 592 g/mol. The zero-order valence-corrected chi connectivity index (χ0v) is 25.5. The van der Waals surface area contributed by atoms with Crippen molar-refractivity contribution >= 4 is 17.2 Å². The molecule has 1 aliphatic heterocycles. The van der Waals surface area contributed by atoms with Crippen molar-refractivity contribution in [1.82, 2.24) is 9.88 Å². The maximum absolute atomic E-state index is 8.92. The third-order valence-electron chi connectivity index (χ3n) is 8.14. The largest absolute Gasteiger partial charge is 0.455 e. The summed E-state index contributed by atoms with van der Waals surface area (Å²) in [6.45, 7) is 6.86. The summed E-state index contributed by atoms with van der Waals surface area (Å²) in [4.78, 5) is 9.15. The molecule has 0 spiro atoms. The van der Waals surface area contributed by atoms with Crippen molar-refractivity contribution in [2.75, 3.05) is 32.8 Å². The summed E-state index contributed by atoms with van der Waals surface area (Å²) in [5.41, 5.74) is 8.59. The Bertz CT molecular complexity index is 1270. The Morgan fingerprint density at radius 1 is 1.05 bits per heavy atom. The fraction of sp³-hybridized carbons (Fsp3) is 0.515. The van der Waals surface area contributed by atoms with Gasteiger partial charge in [0.15, 0.2) is 5.84 Å². The van der Waals surface area contributed by atoms with Gasteiger partial charge in [-0.1, -0.05) is 37.8 Å². The molecule has 0 radical (unpaired) electrons. The molecule has 2 aromatic carbocycles. The van der Waals surface area contributed by atoms with Crippen LogP contribution in [-0.4, -0.2) is 60.1 Å². The number of thiazole rings is 1. The second-order valence-electron chi connectivity index (χ2n) is 11.2. The first kappa shape index (κ1) is 30.3. The van der Waals surface area contributed by atoms with E-state index < -0.39 is 6.29 Å². The minimum atomic E-state index is -0.424. The minimum absolute atomic E-state index is 0.0654. The first-order chi connectivity index (χ1) is 20.6. The van der Waals surface area contributed by atoms with E-state index in [4.69, 9.17) is 30.1 Å². The van der Waals surface area contributed by atoms with Crippen molar-refractivity contribution in [3.8, 4) is 22.8 Å². The molecule has 2 aliphatic rings. The SMILES string of the molecule is CCCCC(Oc1ccc(C(N)=NO)cc1)Oc1ccc(-c2nc(C3CCCCC3)sc2CCN2CCOCC2)cc1. The second kappa shape index (κ2) is 15.4. The van der Waals surface area contributed by atoms with Crippen molar-refractivity contribution in [3.05, 3.63) is 64.0 Å². The molecule has 5 rings (SSSR count). The van der Waals surface area contributed by atoms with E-state index in [0.717, 1.165) is 75.5 Å². The van der Waals surface area contributed by atoms with Gasteiger partial charge in [0, 0.05) is 48.0 Å². The van der Waals surface area contributed by atoms with Crippen LogP contribution < -0.4 is 15.2 Å². The zero-order valence-electron chi connectivity index (χ0n) is 24.7. The summed E-state index contributed by atoms with van der Waals surface area (Å²) < 4.78 is 18.1. The Kier molecular flexibility index (Phi) is 11.1. The van der Waals surface area contributed by atoms with Crippen LogP contribution in [0, 0.1) is 0 Å².